The fourth-order valence-electron chi connectivity index (χ4n) is 2.21. The zero-order chi connectivity index (χ0) is 13.9. The van der Waals surface area contributed by atoms with Crippen LogP contribution >= 0.6 is 11.3 Å². The largest absolute Gasteiger partial charge is 0.494 e. The Balaban J connectivity index is 2.10. The Bertz CT molecular complexity index is 805. The first-order chi connectivity index (χ1) is 9.79. The molecule has 0 aliphatic carbocycles. The summed E-state index contributed by atoms with van der Waals surface area (Å²) in [6, 6.07) is 13.5. The van der Waals surface area contributed by atoms with Gasteiger partial charge < -0.3 is 4.74 Å². The van der Waals surface area contributed by atoms with Crippen molar-refractivity contribution >= 4 is 31.5 Å². The number of unbranched alkanes of at least 4 members (excludes halogenated alkanes) is 1. The number of hydrogen-bond acceptors (Lipinski definition) is 3. The van der Waals surface area contributed by atoms with Crippen LogP contribution in [0.5, 0.6) is 5.75 Å². The van der Waals surface area contributed by atoms with Crippen molar-refractivity contribution < 1.29 is 4.74 Å². The minimum Gasteiger partial charge on any atom is -0.494 e. The molecule has 0 saturated carbocycles. The van der Waals surface area contributed by atoms with Crippen LogP contribution in [0.3, 0.4) is 0 Å². The van der Waals surface area contributed by atoms with Crippen LogP contribution in [-0.2, 0) is 0 Å². The molecule has 0 bridgehead atoms. The van der Waals surface area contributed by atoms with Gasteiger partial charge in [-0.2, -0.15) is 0 Å². The first-order valence-electron chi connectivity index (χ1n) is 6.88. The lowest BCUT2D eigenvalue weighted by Gasteiger charge is -2.06. The Hall–Kier alpha value is -1.87. The quantitative estimate of drug-likeness (QED) is 0.517. The van der Waals surface area contributed by atoms with Gasteiger partial charge in [-0.25, -0.2) is 0 Å². The van der Waals surface area contributed by atoms with E-state index in [-0.39, 0.29) is 5.43 Å². The third kappa shape index (κ3) is 2.41. The second-order valence-electron chi connectivity index (χ2n) is 4.79. The lowest BCUT2D eigenvalue weighted by molar-refractivity contribution is 0.310. The van der Waals surface area contributed by atoms with E-state index >= 15 is 0 Å². The van der Waals surface area contributed by atoms with E-state index in [9.17, 15) is 4.79 Å². The molecule has 0 atom stereocenters. The van der Waals surface area contributed by atoms with Crippen LogP contribution in [0.1, 0.15) is 19.8 Å². The molecule has 20 heavy (non-hydrogen) atoms. The van der Waals surface area contributed by atoms with E-state index in [1.165, 1.54) is 0 Å². The maximum absolute atomic E-state index is 12.4. The predicted molar refractivity (Wildman–Crippen MR) is 86.0 cm³/mol. The topological polar surface area (TPSA) is 26.3 Å². The molecule has 102 valence electrons. The van der Waals surface area contributed by atoms with E-state index in [2.05, 4.69) is 6.92 Å². The Morgan fingerprint density at radius 2 is 1.85 bits per heavy atom. The molecule has 0 N–H and O–H groups in total. The standard InChI is InChI=1S/C17H16O2S/c1-2-3-10-19-12-8-9-14-16(11-12)20-15-7-5-4-6-13(15)17(14)18/h4-9,11H,2-3,10H2,1H3. The molecule has 0 amide bonds. The van der Waals surface area contributed by atoms with E-state index in [0.717, 1.165) is 45.4 Å². The Kier molecular flexibility index (Phi) is 3.70. The first kappa shape index (κ1) is 13.1. The smallest absolute Gasteiger partial charge is 0.195 e. The van der Waals surface area contributed by atoms with Crippen LogP contribution in [0.2, 0.25) is 0 Å². The predicted octanol–water partition coefficient (Wildman–Crippen LogP) is 4.59. The summed E-state index contributed by atoms with van der Waals surface area (Å²) >= 11 is 1.64. The molecule has 0 fully saturated rings. The monoisotopic (exact) mass is 284 g/mol. The van der Waals surface area contributed by atoms with Crippen molar-refractivity contribution in [1.29, 1.82) is 0 Å². The second-order valence-corrected chi connectivity index (χ2v) is 5.87. The zero-order valence-electron chi connectivity index (χ0n) is 11.4. The van der Waals surface area contributed by atoms with Gasteiger partial charge in [-0.1, -0.05) is 25.5 Å². The molecule has 1 heterocycles. The van der Waals surface area contributed by atoms with E-state index < -0.39 is 0 Å². The number of rotatable bonds is 4. The van der Waals surface area contributed by atoms with Crippen LogP contribution in [0.15, 0.2) is 47.3 Å². The normalized spacial score (nSPS) is 11.1. The van der Waals surface area contributed by atoms with Gasteiger partial charge in [0.2, 0.25) is 0 Å². The molecule has 2 aromatic carbocycles. The van der Waals surface area contributed by atoms with Gasteiger partial charge in [0, 0.05) is 20.2 Å². The minimum atomic E-state index is 0.106. The molecule has 2 nitrogen and oxygen atoms in total. The van der Waals surface area contributed by atoms with Gasteiger partial charge in [-0.05, 0) is 36.8 Å². The Morgan fingerprint density at radius 3 is 2.70 bits per heavy atom. The number of hydrogen-bond donors (Lipinski definition) is 0. The highest BCUT2D eigenvalue weighted by atomic mass is 32.1. The van der Waals surface area contributed by atoms with Crippen LogP contribution in [0.4, 0.5) is 0 Å². The molecule has 0 unspecified atom stereocenters. The molecule has 0 radical (unpaired) electrons. The molecule has 0 spiro atoms. The lowest BCUT2D eigenvalue weighted by atomic mass is 10.2. The maximum Gasteiger partial charge on any atom is 0.195 e. The van der Waals surface area contributed by atoms with Crippen LogP contribution in [0.25, 0.3) is 20.2 Å². The van der Waals surface area contributed by atoms with E-state index in [1.54, 1.807) is 11.3 Å². The van der Waals surface area contributed by atoms with Crippen molar-refractivity contribution in [3.05, 3.63) is 52.7 Å². The van der Waals surface area contributed by atoms with Crippen molar-refractivity contribution in [2.45, 2.75) is 19.8 Å². The molecule has 3 rings (SSSR count). The first-order valence-corrected chi connectivity index (χ1v) is 7.69. The van der Waals surface area contributed by atoms with Crippen LogP contribution in [-0.4, -0.2) is 6.61 Å². The van der Waals surface area contributed by atoms with Crippen molar-refractivity contribution in [3.8, 4) is 5.75 Å². The highest BCUT2D eigenvalue weighted by molar-refractivity contribution is 7.24. The van der Waals surface area contributed by atoms with Gasteiger partial charge in [0.15, 0.2) is 5.43 Å². The molecule has 3 aromatic rings. The molecule has 3 heteroatoms. The fourth-order valence-corrected chi connectivity index (χ4v) is 3.31. The van der Waals surface area contributed by atoms with E-state index in [4.69, 9.17) is 4.74 Å². The highest BCUT2D eigenvalue weighted by Gasteiger charge is 2.06. The third-order valence-electron chi connectivity index (χ3n) is 3.32. The van der Waals surface area contributed by atoms with Gasteiger partial charge in [-0.3, -0.25) is 4.79 Å². The molecule has 1 aromatic heterocycles. The van der Waals surface area contributed by atoms with Gasteiger partial charge in [0.25, 0.3) is 0 Å². The van der Waals surface area contributed by atoms with Gasteiger partial charge in [0.1, 0.15) is 5.75 Å². The van der Waals surface area contributed by atoms with E-state index in [0.29, 0.717) is 0 Å². The summed E-state index contributed by atoms with van der Waals surface area (Å²) in [5.41, 5.74) is 0.106. The van der Waals surface area contributed by atoms with Crippen molar-refractivity contribution in [2.24, 2.45) is 0 Å². The summed E-state index contributed by atoms with van der Waals surface area (Å²) in [6.07, 6.45) is 2.16. The average molecular weight is 284 g/mol. The summed E-state index contributed by atoms with van der Waals surface area (Å²) < 4.78 is 7.72. The van der Waals surface area contributed by atoms with E-state index in [1.807, 2.05) is 42.5 Å². The van der Waals surface area contributed by atoms with Crippen LogP contribution in [0, 0.1) is 0 Å². The number of fused-ring (bicyclic) bond motifs is 2. The zero-order valence-corrected chi connectivity index (χ0v) is 12.2. The maximum atomic E-state index is 12.4. The van der Waals surface area contributed by atoms with Gasteiger partial charge in [0.05, 0.1) is 6.61 Å². The average Bonchev–Trinajstić information content (AvgIpc) is 2.48. The van der Waals surface area contributed by atoms with Gasteiger partial charge in [-0.15, -0.1) is 11.3 Å². The highest BCUT2D eigenvalue weighted by Crippen LogP contribution is 2.27. The summed E-state index contributed by atoms with van der Waals surface area (Å²) in [5, 5.41) is 1.57. The minimum absolute atomic E-state index is 0.106. The van der Waals surface area contributed by atoms with Crippen molar-refractivity contribution in [2.75, 3.05) is 6.61 Å². The third-order valence-corrected chi connectivity index (χ3v) is 4.45. The molecule has 0 aliphatic rings. The Labute approximate surface area is 121 Å². The molecular formula is C17H16O2S. The molecular weight excluding hydrogens is 268 g/mol. The van der Waals surface area contributed by atoms with Gasteiger partial charge >= 0.3 is 0 Å². The second kappa shape index (κ2) is 5.63. The van der Waals surface area contributed by atoms with Crippen LogP contribution < -0.4 is 10.2 Å². The lowest BCUT2D eigenvalue weighted by Crippen LogP contribution is -2.01. The molecule has 0 aliphatic heterocycles. The number of ether oxygens (including phenoxy) is 1. The summed E-state index contributed by atoms with van der Waals surface area (Å²) in [6.45, 7) is 2.87. The summed E-state index contributed by atoms with van der Waals surface area (Å²) in [5.74, 6) is 0.844. The van der Waals surface area contributed by atoms with Crippen molar-refractivity contribution in [1.82, 2.24) is 0 Å². The fraction of sp³-hybridized carbons (Fsp3) is 0.235. The summed E-state index contributed by atoms with van der Waals surface area (Å²) in [4.78, 5) is 12.4. The molecule has 0 saturated heterocycles. The Morgan fingerprint density at radius 1 is 1.05 bits per heavy atom. The SMILES string of the molecule is CCCCOc1ccc2c(=O)c3ccccc3sc2c1. The number of benzene rings is 2. The summed E-state index contributed by atoms with van der Waals surface area (Å²) in [7, 11) is 0. The van der Waals surface area contributed by atoms with Crippen molar-refractivity contribution in [3.63, 3.8) is 0 Å².